The maximum atomic E-state index is 13.0. The summed E-state index contributed by atoms with van der Waals surface area (Å²) >= 11 is 0. The molecule has 1 amide bonds. The maximum absolute atomic E-state index is 13.0. The third-order valence-corrected chi connectivity index (χ3v) is 14.7. The van der Waals surface area contributed by atoms with E-state index in [1.54, 1.807) is 0 Å². The summed E-state index contributed by atoms with van der Waals surface area (Å²) in [6.07, 6.45) is 75.1. The zero-order chi connectivity index (χ0) is 53.5. The van der Waals surface area contributed by atoms with Crippen LogP contribution in [-0.2, 0) is 18.4 Å². The largest absolute Gasteiger partial charge is 0.756 e. The number of carbonyl (C=O) groups excluding carboxylic acids is 1. The van der Waals surface area contributed by atoms with Crippen LogP contribution in [0.4, 0.5) is 0 Å². The Balaban J connectivity index is 4.08. The summed E-state index contributed by atoms with van der Waals surface area (Å²) in [5, 5.41) is 14.0. The predicted octanol–water partition coefficient (Wildman–Crippen LogP) is 18.4. The van der Waals surface area contributed by atoms with E-state index in [9.17, 15) is 19.4 Å². The Morgan fingerprint density at radius 2 is 0.836 bits per heavy atom. The monoisotopic (exact) mass is 1040 g/mol. The Labute approximate surface area is 453 Å². The minimum Gasteiger partial charge on any atom is -0.756 e. The number of likely N-dealkylation sites (N-methyl/N-ethyl adjacent to an activating group) is 1. The Kier molecular flexibility index (Phi) is 53.2. The first-order valence-corrected chi connectivity index (χ1v) is 32.2. The van der Waals surface area contributed by atoms with Crippen molar-refractivity contribution in [3.8, 4) is 0 Å². The van der Waals surface area contributed by atoms with Gasteiger partial charge in [-0.3, -0.25) is 9.36 Å². The molecule has 0 spiro atoms. The summed E-state index contributed by atoms with van der Waals surface area (Å²) in [6, 6.07) is -0.804. The highest BCUT2D eigenvalue weighted by Crippen LogP contribution is 2.38. The van der Waals surface area contributed by atoms with E-state index in [1.165, 1.54) is 173 Å². The van der Waals surface area contributed by atoms with Gasteiger partial charge in [0.15, 0.2) is 0 Å². The highest BCUT2D eigenvalue weighted by molar-refractivity contribution is 7.45. The molecular formula is C64H119N2O6P. The van der Waals surface area contributed by atoms with Gasteiger partial charge in [0.2, 0.25) is 5.91 Å². The van der Waals surface area contributed by atoms with Gasteiger partial charge >= 0.3 is 0 Å². The number of quaternary nitrogens is 1. The second-order valence-electron chi connectivity index (χ2n) is 22.0. The van der Waals surface area contributed by atoms with Gasteiger partial charge in [-0.15, -0.1) is 0 Å². The van der Waals surface area contributed by atoms with Crippen molar-refractivity contribution in [3.63, 3.8) is 0 Å². The molecule has 8 nitrogen and oxygen atoms in total. The summed E-state index contributed by atoms with van der Waals surface area (Å²) in [5.74, 6) is -0.165. The molecule has 0 rings (SSSR count). The third-order valence-electron chi connectivity index (χ3n) is 13.7. The van der Waals surface area contributed by atoms with Crippen LogP contribution >= 0.6 is 7.82 Å². The second kappa shape index (κ2) is 54.7. The van der Waals surface area contributed by atoms with E-state index in [0.717, 1.165) is 77.0 Å². The van der Waals surface area contributed by atoms with E-state index in [-0.39, 0.29) is 19.1 Å². The molecule has 3 atom stereocenters. The molecule has 0 aromatic heterocycles. The van der Waals surface area contributed by atoms with Crippen molar-refractivity contribution in [2.24, 2.45) is 0 Å². The average Bonchev–Trinajstić information content (AvgIpc) is 3.35. The first-order chi connectivity index (χ1) is 35.5. The Morgan fingerprint density at radius 3 is 1.22 bits per heavy atom. The number of allylic oxidation sites excluding steroid dienone is 12. The van der Waals surface area contributed by atoms with Gasteiger partial charge in [-0.1, -0.05) is 279 Å². The molecular weight excluding hydrogens is 924 g/mol. The number of hydrogen-bond acceptors (Lipinski definition) is 6. The molecule has 0 aliphatic heterocycles. The quantitative estimate of drug-likeness (QED) is 0.0272. The van der Waals surface area contributed by atoms with Crippen LogP contribution < -0.4 is 10.2 Å². The lowest BCUT2D eigenvalue weighted by atomic mass is 10.0. The van der Waals surface area contributed by atoms with E-state index >= 15 is 0 Å². The van der Waals surface area contributed by atoms with Crippen LogP contribution in [0.1, 0.15) is 277 Å². The smallest absolute Gasteiger partial charge is 0.268 e. The lowest BCUT2D eigenvalue weighted by Crippen LogP contribution is -2.46. The number of amides is 1. The highest BCUT2D eigenvalue weighted by atomic mass is 31.2. The van der Waals surface area contributed by atoms with Crippen molar-refractivity contribution in [1.82, 2.24) is 5.32 Å². The second-order valence-corrected chi connectivity index (χ2v) is 23.4. The van der Waals surface area contributed by atoms with Gasteiger partial charge in [0.25, 0.3) is 7.82 Å². The average molecular weight is 1040 g/mol. The van der Waals surface area contributed by atoms with Crippen LogP contribution in [0.3, 0.4) is 0 Å². The Morgan fingerprint density at radius 1 is 0.493 bits per heavy atom. The van der Waals surface area contributed by atoms with Gasteiger partial charge in [0, 0.05) is 6.42 Å². The molecule has 0 aromatic rings. The number of phosphoric ester groups is 1. The van der Waals surface area contributed by atoms with Gasteiger partial charge in [-0.05, 0) is 64.2 Å². The Hall–Kier alpha value is -2.06. The number of nitrogens with one attached hydrogen (secondary N) is 1. The molecule has 0 radical (unpaired) electrons. The van der Waals surface area contributed by atoms with Crippen molar-refractivity contribution in [2.75, 3.05) is 40.9 Å². The van der Waals surface area contributed by atoms with Crippen LogP contribution in [0.25, 0.3) is 0 Å². The number of unbranched alkanes of at least 4 members (excludes halogenated alkanes) is 31. The molecule has 9 heteroatoms. The molecule has 0 aromatic carbocycles. The first-order valence-electron chi connectivity index (χ1n) is 30.8. The van der Waals surface area contributed by atoms with E-state index < -0.39 is 20.0 Å². The normalized spacial score (nSPS) is 14.3. The van der Waals surface area contributed by atoms with Gasteiger partial charge < -0.3 is 28.8 Å². The molecule has 0 aliphatic carbocycles. The number of carbonyl (C=O) groups is 1. The number of phosphoric acid groups is 1. The maximum Gasteiger partial charge on any atom is 0.268 e. The summed E-state index contributed by atoms with van der Waals surface area (Å²) in [7, 11) is 1.31. The molecule has 0 saturated carbocycles. The van der Waals surface area contributed by atoms with Gasteiger partial charge in [0.1, 0.15) is 13.2 Å². The summed E-state index contributed by atoms with van der Waals surface area (Å²) in [5.41, 5.74) is 0. The van der Waals surface area contributed by atoms with Gasteiger partial charge in [-0.25, -0.2) is 0 Å². The van der Waals surface area contributed by atoms with Crippen LogP contribution in [0, 0.1) is 0 Å². The van der Waals surface area contributed by atoms with Crippen LogP contribution in [0.2, 0.25) is 0 Å². The fourth-order valence-corrected chi connectivity index (χ4v) is 9.65. The third kappa shape index (κ3) is 57.5. The number of aliphatic hydroxyl groups is 1. The van der Waals surface area contributed by atoms with Crippen molar-refractivity contribution in [1.29, 1.82) is 0 Å². The number of rotatable bonds is 56. The lowest BCUT2D eigenvalue weighted by molar-refractivity contribution is -0.870. The molecule has 3 unspecified atom stereocenters. The SMILES string of the molecule is CC/C=C\C/C=C\C/C=C\C/C=C\C/C=C\C/C=C\CCCCCCCCCCCCCCCCC(=O)NC(COP(=O)([O-])OCC[N+](C)(C)C)C(O)CCCCCCCCCCCCCCCCCCCC. The molecule has 0 bridgehead atoms. The molecule has 0 saturated heterocycles. The number of aliphatic hydroxyl groups excluding tert-OH is 1. The van der Waals surface area contributed by atoms with Crippen LogP contribution in [-0.4, -0.2) is 68.5 Å². The van der Waals surface area contributed by atoms with Crippen molar-refractivity contribution >= 4 is 13.7 Å². The minimum absolute atomic E-state index is 0.0108. The molecule has 2 N–H and O–H groups in total. The highest BCUT2D eigenvalue weighted by Gasteiger charge is 2.24. The van der Waals surface area contributed by atoms with Crippen molar-refractivity contribution in [2.45, 2.75) is 289 Å². The zero-order valence-corrected chi connectivity index (χ0v) is 49.5. The van der Waals surface area contributed by atoms with Gasteiger partial charge in [0.05, 0.1) is 39.9 Å². The number of nitrogens with zero attached hydrogens (tertiary/aromatic N) is 1. The van der Waals surface area contributed by atoms with E-state index in [4.69, 9.17) is 9.05 Å². The zero-order valence-electron chi connectivity index (χ0n) is 48.6. The fraction of sp³-hybridized carbons (Fsp3) is 0.797. The summed E-state index contributed by atoms with van der Waals surface area (Å²) in [4.78, 5) is 25.6. The topological polar surface area (TPSA) is 108 Å². The molecule has 73 heavy (non-hydrogen) atoms. The van der Waals surface area contributed by atoms with E-state index in [1.807, 2.05) is 21.1 Å². The lowest BCUT2D eigenvalue weighted by Gasteiger charge is -2.30. The predicted molar refractivity (Wildman–Crippen MR) is 316 cm³/mol. The summed E-state index contributed by atoms with van der Waals surface area (Å²) in [6.45, 7) is 4.63. The molecule has 0 fully saturated rings. The van der Waals surface area contributed by atoms with E-state index in [0.29, 0.717) is 23.9 Å². The Bertz CT molecular complexity index is 1420. The van der Waals surface area contributed by atoms with E-state index in [2.05, 4.69) is 92.1 Å². The standard InChI is InChI=1S/C64H119N2O6P/c1-6-8-10-12-14-16-18-20-22-24-26-27-28-29-30-31-32-33-34-35-36-37-38-39-40-42-44-46-48-50-52-54-56-58-64(68)65-62(61-72-73(69,70)71-60-59-66(3,4)5)63(67)57-55-53-51-49-47-45-43-41-25-23-21-19-17-15-13-11-9-7-2/h8,10,14,16,20,22,26-27,29-30,32-33,62-63,67H,6-7,9,11-13,15,17-19,21,23-25,28,31,34-61H2,1-5H3,(H-,65,68,69,70)/b10-8-,16-14-,22-20-,27-26-,30-29-,33-32-. The first kappa shape index (κ1) is 70.9. The molecule has 0 heterocycles. The van der Waals surface area contributed by atoms with Crippen LogP contribution in [0.5, 0.6) is 0 Å². The molecule has 426 valence electrons. The molecule has 0 aliphatic rings. The van der Waals surface area contributed by atoms with Crippen molar-refractivity contribution < 1.29 is 32.9 Å². The van der Waals surface area contributed by atoms with Crippen LogP contribution in [0.15, 0.2) is 72.9 Å². The minimum atomic E-state index is -4.58. The van der Waals surface area contributed by atoms with Crippen molar-refractivity contribution in [3.05, 3.63) is 72.9 Å². The summed E-state index contributed by atoms with van der Waals surface area (Å²) < 4.78 is 23.5. The number of hydrogen-bond donors (Lipinski definition) is 2. The van der Waals surface area contributed by atoms with Gasteiger partial charge in [-0.2, -0.15) is 0 Å². The fourth-order valence-electron chi connectivity index (χ4n) is 8.93.